The summed E-state index contributed by atoms with van der Waals surface area (Å²) in [5.74, 6) is -1.80. The molecule has 21 heavy (non-hydrogen) atoms. The summed E-state index contributed by atoms with van der Waals surface area (Å²) in [5, 5.41) is 14.3. The lowest BCUT2D eigenvalue weighted by molar-refractivity contribution is -0.113. The van der Waals surface area contributed by atoms with E-state index in [4.69, 9.17) is 0 Å². The third kappa shape index (κ3) is 3.54. The number of halogens is 2. The zero-order valence-electron chi connectivity index (χ0n) is 10.8. The van der Waals surface area contributed by atoms with E-state index in [-0.39, 0.29) is 17.3 Å². The van der Waals surface area contributed by atoms with Crippen LogP contribution in [0.15, 0.2) is 23.4 Å². The maximum atomic E-state index is 13.0. The number of carbonyl (C=O) groups excluding carboxylic acids is 1. The van der Waals surface area contributed by atoms with Gasteiger partial charge in [-0.05, 0) is 35.4 Å². The van der Waals surface area contributed by atoms with Crippen LogP contribution in [0.4, 0.5) is 14.5 Å². The molecule has 1 aromatic carbocycles. The molecular weight excluding hydrogens is 300 g/mol. The van der Waals surface area contributed by atoms with Gasteiger partial charge in [0.1, 0.15) is 11.6 Å². The van der Waals surface area contributed by atoms with Gasteiger partial charge in [-0.15, -0.1) is 5.10 Å². The molecule has 0 radical (unpaired) electrons. The number of benzene rings is 1. The zero-order chi connectivity index (χ0) is 14.8. The first-order valence-electron chi connectivity index (χ1n) is 6.28. The van der Waals surface area contributed by atoms with Crippen molar-refractivity contribution in [2.24, 2.45) is 0 Å². The van der Waals surface area contributed by atoms with Crippen LogP contribution >= 0.6 is 11.8 Å². The molecule has 3 rings (SSSR count). The van der Waals surface area contributed by atoms with Crippen LogP contribution in [-0.4, -0.2) is 31.9 Å². The molecule has 1 aliphatic rings. The van der Waals surface area contributed by atoms with E-state index < -0.39 is 11.6 Å². The molecule has 0 aliphatic heterocycles. The second-order valence-corrected chi connectivity index (χ2v) is 5.57. The molecule has 6 nitrogen and oxygen atoms in total. The Kier molecular flexibility index (Phi) is 3.82. The van der Waals surface area contributed by atoms with Gasteiger partial charge in [0, 0.05) is 11.8 Å². The fraction of sp³-hybridized carbons (Fsp3) is 0.333. The van der Waals surface area contributed by atoms with Crippen LogP contribution in [0, 0.1) is 11.6 Å². The van der Waals surface area contributed by atoms with Crippen LogP contribution in [0.5, 0.6) is 0 Å². The molecular formula is C12H11F2N5OS. The standard InChI is InChI=1S/C12H11F2N5OS/c13-7-3-8(14)5-9(4-7)15-11(20)6-21-12-16-17-18-19(12)10-1-2-10/h3-5,10H,1-2,6H2,(H,15,20). The lowest BCUT2D eigenvalue weighted by atomic mass is 10.3. The maximum Gasteiger partial charge on any atom is 0.234 e. The molecule has 1 saturated carbocycles. The number of tetrazole rings is 1. The number of amides is 1. The quantitative estimate of drug-likeness (QED) is 0.855. The van der Waals surface area contributed by atoms with E-state index in [2.05, 4.69) is 20.8 Å². The number of thioether (sulfide) groups is 1. The van der Waals surface area contributed by atoms with Gasteiger partial charge in [-0.25, -0.2) is 13.5 Å². The van der Waals surface area contributed by atoms with Crippen LogP contribution in [0.1, 0.15) is 18.9 Å². The molecule has 0 saturated heterocycles. The highest BCUT2D eigenvalue weighted by molar-refractivity contribution is 7.99. The number of nitrogens with zero attached hydrogens (tertiary/aromatic N) is 4. The van der Waals surface area contributed by atoms with Gasteiger partial charge in [-0.1, -0.05) is 11.8 Å². The molecule has 0 unspecified atom stereocenters. The Labute approximate surface area is 122 Å². The predicted molar refractivity (Wildman–Crippen MR) is 71.8 cm³/mol. The normalized spacial score (nSPS) is 14.2. The minimum absolute atomic E-state index is 0.0607. The van der Waals surface area contributed by atoms with Crippen LogP contribution in [0.2, 0.25) is 0 Å². The number of carbonyl (C=O) groups is 1. The third-order valence-electron chi connectivity index (χ3n) is 2.83. The Morgan fingerprint density at radius 2 is 2.05 bits per heavy atom. The van der Waals surface area contributed by atoms with Gasteiger partial charge in [0.15, 0.2) is 0 Å². The molecule has 110 valence electrons. The summed E-state index contributed by atoms with van der Waals surface area (Å²) in [6, 6.07) is 3.18. The van der Waals surface area contributed by atoms with Gasteiger partial charge >= 0.3 is 0 Å². The van der Waals surface area contributed by atoms with E-state index in [9.17, 15) is 13.6 Å². The third-order valence-corrected chi connectivity index (χ3v) is 3.77. The van der Waals surface area contributed by atoms with E-state index in [0.29, 0.717) is 11.2 Å². The molecule has 1 amide bonds. The van der Waals surface area contributed by atoms with Gasteiger partial charge < -0.3 is 5.32 Å². The summed E-state index contributed by atoms with van der Waals surface area (Å²) < 4.78 is 27.7. The lowest BCUT2D eigenvalue weighted by Gasteiger charge is -2.05. The molecule has 2 aromatic rings. The predicted octanol–water partition coefficient (Wildman–Crippen LogP) is 2.02. The average Bonchev–Trinajstić information content (AvgIpc) is 3.14. The second-order valence-electron chi connectivity index (χ2n) is 4.63. The maximum absolute atomic E-state index is 13.0. The Hall–Kier alpha value is -2.03. The topological polar surface area (TPSA) is 72.7 Å². The number of hydrogen-bond donors (Lipinski definition) is 1. The van der Waals surface area contributed by atoms with Crippen LogP contribution in [-0.2, 0) is 4.79 Å². The molecule has 0 spiro atoms. The lowest BCUT2D eigenvalue weighted by Crippen LogP contribution is -2.15. The van der Waals surface area contributed by atoms with Gasteiger partial charge in [-0.3, -0.25) is 4.79 Å². The molecule has 1 aliphatic carbocycles. The molecule has 1 N–H and O–H groups in total. The fourth-order valence-electron chi connectivity index (χ4n) is 1.78. The second kappa shape index (κ2) is 5.76. The highest BCUT2D eigenvalue weighted by atomic mass is 32.2. The summed E-state index contributed by atoms with van der Waals surface area (Å²) in [5.41, 5.74) is 0.0832. The minimum Gasteiger partial charge on any atom is -0.325 e. The van der Waals surface area contributed by atoms with Crippen LogP contribution in [0.3, 0.4) is 0 Å². The van der Waals surface area contributed by atoms with E-state index in [1.807, 2.05) is 0 Å². The van der Waals surface area contributed by atoms with Crippen LogP contribution in [0.25, 0.3) is 0 Å². The molecule has 1 fully saturated rings. The number of hydrogen-bond acceptors (Lipinski definition) is 5. The smallest absolute Gasteiger partial charge is 0.234 e. The van der Waals surface area contributed by atoms with Gasteiger partial charge in [0.05, 0.1) is 11.8 Å². The summed E-state index contributed by atoms with van der Waals surface area (Å²) in [6.07, 6.45) is 2.07. The molecule has 1 aromatic heterocycles. The zero-order valence-corrected chi connectivity index (χ0v) is 11.6. The van der Waals surface area contributed by atoms with E-state index >= 15 is 0 Å². The molecule has 9 heteroatoms. The number of rotatable bonds is 5. The number of anilines is 1. The van der Waals surface area contributed by atoms with Crippen molar-refractivity contribution in [2.75, 3.05) is 11.1 Å². The van der Waals surface area contributed by atoms with Gasteiger partial charge in [-0.2, -0.15) is 0 Å². The van der Waals surface area contributed by atoms with Crippen molar-refractivity contribution in [3.63, 3.8) is 0 Å². The Morgan fingerprint density at radius 3 is 2.71 bits per heavy atom. The van der Waals surface area contributed by atoms with Gasteiger partial charge in [0.2, 0.25) is 11.1 Å². The average molecular weight is 311 g/mol. The van der Waals surface area contributed by atoms with Crippen molar-refractivity contribution in [3.8, 4) is 0 Å². The highest BCUT2D eigenvalue weighted by Gasteiger charge is 2.28. The Morgan fingerprint density at radius 1 is 1.33 bits per heavy atom. The highest BCUT2D eigenvalue weighted by Crippen LogP contribution is 2.36. The molecule has 0 bridgehead atoms. The van der Waals surface area contributed by atoms with Crippen molar-refractivity contribution in [3.05, 3.63) is 29.8 Å². The number of nitrogens with one attached hydrogen (secondary N) is 1. The first-order valence-corrected chi connectivity index (χ1v) is 7.27. The summed E-state index contributed by atoms with van der Waals surface area (Å²) >= 11 is 1.19. The molecule has 0 atom stereocenters. The van der Waals surface area contributed by atoms with E-state index in [1.165, 1.54) is 11.8 Å². The van der Waals surface area contributed by atoms with Crippen molar-refractivity contribution < 1.29 is 13.6 Å². The van der Waals surface area contributed by atoms with E-state index in [1.54, 1.807) is 4.68 Å². The summed E-state index contributed by atoms with van der Waals surface area (Å²) in [6.45, 7) is 0. The largest absolute Gasteiger partial charge is 0.325 e. The van der Waals surface area contributed by atoms with Crippen molar-refractivity contribution >= 4 is 23.4 Å². The monoisotopic (exact) mass is 311 g/mol. The van der Waals surface area contributed by atoms with Crippen LogP contribution < -0.4 is 5.32 Å². The SMILES string of the molecule is O=C(CSc1nnnn1C1CC1)Nc1cc(F)cc(F)c1. The van der Waals surface area contributed by atoms with Crippen molar-refractivity contribution in [1.29, 1.82) is 0 Å². The Bertz CT molecular complexity index is 653. The molecule has 1 heterocycles. The fourth-order valence-corrected chi connectivity index (χ4v) is 2.53. The summed E-state index contributed by atoms with van der Waals surface area (Å²) in [7, 11) is 0. The Balaban J connectivity index is 1.57. The van der Waals surface area contributed by atoms with E-state index in [0.717, 1.165) is 31.0 Å². The first kappa shape index (κ1) is 13.9. The first-order chi connectivity index (χ1) is 10.1. The number of aromatic nitrogens is 4. The minimum atomic E-state index is -0.740. The summed E-state index contributed by atoms with van der Waals surface area (Å²) in [4.78, 5) is 11.8. The van der Waals surface area contributed by atoms with Crippen molar-refractivity contribution in [2.45, 2.75) is 24.0 Å². The van der Waals surface area contributed by atoms with Crippen molar-refractivity contribution in [1.82, 2.24) is 20.2 Å². The van der Waals surface area contributed by atoms with Gasteiger partial charge in [0.25, 0.3) is 0 Å².